The van der Waals surface area contributed by atoms with Gasteiger partial charge >= 0.3 is 0 Å². The Morgan fingerprint density at radius 1 is 0.591 bits per heavy atom. The summed E-state index contributed by atoms with van der Waals surface area (Å²) in [5.74, 6) is 0.424. The van der Waals surface area contributed by atoms with E-state index in [1.165, 1.54) is 11.1 Å². The summed E-state index contributed by atoms with van der Waals surface area (Å²) < 4.78 is 0. The number of hydrogen-bond acceptors (Lipinski definition) is 0. The van der Waals surface area contributed by atoms with Gasteiger partial charge in [-0.3, -0.25) is 0 Å². The average Bonchev–Trinajstić information content (AvgIpc) is 2.59. The highest BCUT2D eigenvalue weighted by Crippen LogP contribution is 2.26. The third-order valence-corrected chi connectivity index (χ3v) is 3.54. The number of rotatable bonds is 3. The van der Waals surface area contributed by atoms with Gasteiger partial charge in [0.05, 0.1) is 0 Å². The van der Waals surface area contributed by atoms with Crippen molar-refractivity contribution >= 4 is 0 Å². The number of hydrogen-bond donors (Lipinski definition) is 0. The molecule has 0 heterocycles. The lowest BCUT2D eigenvalue weighted by Gasteiger charge is -2.15. The molecular formula is C22H22. The van der Waals surface area contributed by atoms with E-state index in [1.54, 1.807) is 0 Å². The first-order valence-electron chi connectivity index (χ1n) is 7.57. The van der Waals surface area contributed by atoms with Gasteiger partial charge in [-0.15, -0.1) is 0 Å². The number of benzene rings is 3. The quantitative estimate of drug-likeness (QED) is 0.561. The topological polar surface area (TPSA) is 0 Å². The van der Waals surface area contributed by atoms with Crippen LogP contribution in [0.15, 0.2) is 91.0 Å². The molecule has 3 aromatic rings. The highest BCUT2D eigenvalue weighted by Gasteiger charge is 2.10. The van der Waals surface area contributed by atoms with Crippen LogP contribution in [-0.2, 0) is 0 Å². The molecule has 0 nitrogen and oxygen atoms in total. The van der Waals surface area contributed by atoms with E-state index < -0.39 is 0 Å². The molecule has 0 saturated carbocycles. The minimum Gasteiger partial charge on any atom is -0.0622 e. The first-order valence-corrected chi connectivity index (χ1v) is 7.57. The van der Waals surface area contributed by atoms with Crippen LogP contribution in [0.2, 0.25) is 0 Å². The Hall–Kier alpha value is -2.34. The third-order valence-electron chi connectivity index (χ3n) is 3.54. The van der Waals surface area contributed by atoms with Crippen molar-refractivity contribution in [2.45, 2.75) is 12.3 Å². The van der Waals surface area contributed by atoms with E-state index in [1.807, 2.05) is 30.3 Å². The summed E-state index contributed by atoms with van der Waals surface area (Å²) in [7, 11) is 0. The van der Waals surface area contributed by atoms with Crippen LogP contribution in [0, 0.1) is 13.8 Å². The Kier molecular flexibility index (Phi) is 6.44. The molecule has 0 aliphatic heterocycles. The molecular weight excluding hydrogens is 264 g/mol. The van der Waals surface area contributed by atoms with E-state index in [-0.39, 0.29) is 0 Å². The van der Waals surface area contributed by atoms with Crippen molar-refractivity contribution in [2.24, 2.45) is 0 Å². The fraction of sp³-hybridized carbons (Fsp3) is 0.0909. The molecule has 0 amide bonds. The van der Waals surface area contributed by atoms with Crippen molar-refractivity contribution < 1.29 is 0 Å². The molecule has 0 N–H and O–H groups in total. The predicted molar refractivity (Wildman–Crippen MR) is 95.6 cm³/mol. The predicted octanol–water partition coefficient (Wildman–Crippen LogP) is 5.91. The lowest BCUT2D eigenvalue weighted by atomic mass is 9.89. The zero-order chi connectivity index (χ0) is 15.6. The molecule has 0 aliphatic rings. The molecule has 0 atom stereocenters. The molecule has 0 saturated heterocycles. The van der Waals surface area contributed by atoms with Crippen molar-refractivity contribution in [2.75, 3.05) is 0 Å². The van der Waals surface area contributed by atoms with Gasteiger partial charge in [0, 0.05) is 5.92 Å². The monoisotopic (exact) mass is 286 g/mol. The molecule has 3 rings (SSSR count). The molecule has 0 unspecified atom stereocenters. The maximum atomic E-state index is 4.04. The van der Waals surface area contributed by atoms with Crippen LogP contribution < -0.4 is 0 Å². The molecule has 0 aromatic heterocycles. The second-order valence-electron chi connectivity index (χ2n) is 5.15. The van der Waals surface area contributed by atoms with Gasteiger partial charge in [0.25, 0.3) is 0 Å². The van der Waals surface area contributed by atoms with E-state index in [0.29, 0.717) is 5.92 Å². The second kappa shape index (κ2) is 8.84. The fourth-order valence-electron chi connectivity index (χ4n) is 2.37. The van der Waals surface area contributed by atoms with Crippen molar-refractivity contribution in [1.29, 1.82) is 0 Å². The van der Waals surface area contributed by atoms with Crippen LogP contribution in [0.3, 0.4) is 0 Å². The smallest absolute Gasteiger partial charge is 0.00893 e. The molecule has 0 aliphatic carbocycles. The lowest BCUT2D eigenvalue weighted by Crippen LogP contribution is -1.98. The highest BCUT2D eigenvalue weighted by atomic mass is 14.1. The molecule has 110 valence electrons. The van der Waals surface area contributed by atoms with Gasteiger partial charge in [-0.05, 0) is 30.0 Å². The average molecular weight is 286 g/mol. The van der Waals surface area contributed by atoms with Gasteiger partial charge in [0.1, 0.15) is 0 Å². The zero-order valence-electron chi connectivity index (χ0n) is 12.9. The summed E-state index contributed by atoms with van der Waals surface area (Å²) >= 11 is 0. The van der Waals surface area contributed by atoms with Gasteiger partial charge in [-0.1, -0.05) is 97.9 Å². The van der Waals surface area contributed by atoms with Gasteiger partial charge in [0.2, 0.25) is 0 Å². The molecule has 0 heteroatoms. The Balaban J connectivity index is 0.000000211. The van der Waals surface area contributed by atoms with Crippen LogP contribution in [0.4, 0.5) is 0 Å². The minimum absolute atomic E-state index is 0.424. The van der Waals surface area contributed by atoms with Crippen LogP contribution in [0.25, 0.3) is 0 Å². The van der Waals surface area contributed by atoms with Crippen LogP contribution in [0.5, 0.6) is 0 Å². The van der Waals surface area contributed by atoms with Crippen molar-refractivity contribution in [3.8, 4) is 0 Å². The van der Waals surface area contributed by atoms with Crippen molar-refractivity contribution in [3.05, 3.63) is 122 Å². The van der Waals surface area contributed by atoms with E-state index in [4.69, 9.17) is 0 Å². The van der Waals surface area contributed by atoms with Gasteiger partial charge < -0.3 is 0 Å². The summed E-state index contributed by atoms with van der Waals surface area (Å²) in [5.41, 5.74) is 3.76. The van der Waals surface area contributed by atoms with E-state index >= 15 is 0 Å². The summed E-state index contributed by atoms with van der Waals surface area (Å²) in [6, 6.07) is 31.0. The van der Waals surface area contributed by atoms with Crippen LogP contribution in [-0.4, -0.2) is 0 Å². The van der Waals surface area contributed by atoms with Crippen LogP contribution in [0.1, 0.15) is 29.0 Å². The molecule has 0 spiro atoms. The lowest BCUT2D eigenvalue weighted by molar-refractivity contribution is 0.827. The van der Waals surface area contributed by atoms with Gasteiger partial charge in [0.15, 0.2) is 0 Å². The summed E-state index contributed by atoms with van der Waals surface area (Å²) in [5, 5.41) is 0. The molecule has 0 fully saturated rings. The molecule has 2 radical (unpaired) electrons. The van der Waals surface area contributed by atoms with Gasteiger partial charge in [-0.2, -0.15) is 0 Å². The Labute approximate surface area is 134 Å². The SMILES string of the molecule is [CH2]CC(c1ccccc1)c1ccccc1.[CH2]c1ccccc1. The summed E-state index contributed by atoms with van der Waals surface area (Å²) in [6.45, 7) is 7.76. The first-order chi connectivity index (χ1) is 10.8. The Morgan fingerprint density at radius 2 is 0.955 bits per heavy atom. The van der Waals surface area contributed by atoms with Crippen LogP contribution >= 0.6 is 0 Å². The standard InChI is InChI=1S/C15H15.C7H7/c1-2-15(13-9-5-3-6-10-13)14-11-7-4-8-12-14;1-7-5-3-2-4-6-7/h3-12,15H,1-2H2;2-6H,1H2. The van der Waals surface area contributed by atoms with E-state index in [9.17, 15) is 0 Å². The summed E-state index contributed by atoms with van der Waals surface area (Å²) in [4.78, 5) is 0. The normalized spacial score (nSPS) is 9.95. The largest absolute Gasteiger partial charge is 0.0622 e. The highest BCUT2D eigenvalue weighted by molar-refractivity contribution is 5.32. The fourth-order valence-corrected chi connectivity index (χ4v) is 2.37. The maximum absolute atomic E-state index is 4.04. The summed E-state index contributed by atoms with van der Waals surface area (Å²) in [6.07, 6.45) is 0.897. The molecule has 0 bridgehead atoms. The van der Waals surface area contributed by atoms with E-state index in [0.717, 1.165) is 12.0 Å². The maximum Gasteiger partial charge on any atom is 0.00893 e. The minimum atomic E-state index is 0.424. The zero-order valence-corrected chi connectivity index (χ0v) is 12.9. The third kappa shape index (κ3) is 4.89. The second-order valence-corrected chi connectivity index (χ2v) is 5.15. The first kappa shape index (κ1) is 16.0. The molecule has 22 heavy (non-hydrogen) atoms. The van der Waals surface area contributed by atoms with Crippen molar-refractivity contribution in [3.63, 3.8) is 0 Å². The molecule has 3 aromatic carbocycles. The Morgan fingerprint density at radius 3 is 1.23 bits per heavy atom. The van der Waals surface area contributed by atoms with Crippen molar-refractivity contribution in [1.82, 2.24) is 0 Å². The van der Waals surface area contributed by atoms with E-state index in [2.05, 4.69) is 74.5 Å². The Bertz CT molecular complexity index is 587. The van der Waals surface area contributed by atoms with Gasteiger partial charge in [-0.25, -0.2) is 0 Å².